The first kappa shape index (κ1) is 22.3. The lowest BCUT2D eigenvalue weighted by Crippen LogP contribution is -2.41. The zero-order valence-corrected chi connectivity index (χ0v) is 20.1. The Morgan fingerprint density at radius 3 is 2.58 bits per heavy atom. The van der Waals surface area contributed by atoms with Gasteiger partial charge in [0.2, 0.25) is 0 Å². The Kier molecular flexibility index (Phi) is 6.32. The van der Waals surface area contributed by atoms with Crippen molar-refractivity contribution in [1.82, 2.24) is 30.1 Å². The average Bonchev–Trinajstić information content (AvgIpc) is 3.56. The van der Waals surface area contributed by atoms with Crippen LogP contribution >= 0.6 is 0 Å². The first-order chi connectivity index (χ1) is 16.0. The van der Waals surface area contributed by atoms with Crippen molar-refractivity contribution < 1.29 is 0 Å². The number of pyridine rings is 1. The Bertz CT molecular complexity index is 1150. The van der Waals surface area contributed by atoms with Gasteiger partial charge in [0, 0.05) is 18.2 Å². The van der Waals surface area contributed by atoms with Crippen molar-refractivity contribution in [2.45, 2.75) is 96.8 Å². The fourth-order valence-electron chi connectivity index (χ4n) is 6.07. The van der Waals surface area contributed by atoms with Crippen molar-refractivity contribution in [3.05, 3.63) is 51.6 Å². The number of nitrogens with one attached hydrogen (secondary N) is 1. The van der Waals surface area contributed by atoms with Crippen molar-refractivity contribution in [2.75, 3.05) is 0 Å². The standard InChI is InChI=1S/C26H36N6O/c1-17(2)24(25-28-29-30-32(25)22-13-6-7-14-22)31(21-11-4-5-12-21)16-20-15-19-10-8-9-18(3)23(19)27-26(20)33/h8-10,15,17,21-22,24H,4-7,11-14,16H2,1-3H3,(H,27,33)/t24-/m0/s1. The number of fused-ring (bicyclic) bond motifs is 1. The third-order valence-electron chi connectivity index (χ3n) is 7.75. The summed E-state index contributed by atoms with van der Waals surface area (Å²) >= 11 is 0. The number of aryl methyl sites for hydroxylation is 1. The van der Waals surface area contributed by atoms with Crippen LogP contribution in [0.25, 0.3) is 10.9 Å². The summed E-state index contributed by atoms with van der Waals surface area (Å²) in [4.78, 5) is 18.9. The fraction of sp³-hybridized carbons (Fsp3) is 0.615. The summed E-state index contributed by atoms with van der Waals surface area (Å²) in [5.74, 6) is 1.30. The highest BCUT2D eigenvalue weighted by molar-refractivity contribution is 5.81. The van der Waals surface area contributed by atoms with Gasteiger partial charge in [0.15, 0.2) is 5.82 Å². The minimum atomic E-state index is 0.0117. The lowest BCUT2D eigenvalue weighted by atomic mass is 9.97. The molecule has 1 N–H and O–H groups in total. The molecule has 1 aromatic carbocycles. The van der Waals surface area contributed by atoms with Gasteiger partial charge in [0.05, 0.1) is 17.6 Å². The molecule has 176 valence electrons. The predicted molar refractivity (Wildman–Crippen MR) is 130 cm³/mol. The Balaban J connectivity index is 1.55. The van der Waals surface area contributed by atoms with Crippen molar-refractivity contribution in [2.24, 2.45) is 5.92 Å². The molecular weight excluding hydrogens is 412 g/mol. The van der Waals surface area contributed by atoms with Crippen LogP contribution in [0.15, 0.2) is 29.1 Å². The zero-order valence-electron chi connectivity index (χ0n) is 20.1. The lowest BCUT2D eigenvalue weighted by Gasteiger charge is -2.38. The van der Waals surface area contributed by atoms with E-state index in [1.54, 1.807) is 0 Å². The molecule has 0 radical (unpaired) electrons. The number of nitrogens with zero attached hydrogens (tertiary/aromatic N) is 5. The van der Waals surface area contributed by atoms with Gasteiger partial charge in [-0.05, 0) is 66.0 Å². The summed E-state index contributed by atoms with van der Waals surface area (Å²) in [6.45, 7) is 7.17. The van der Waals surface area contributed by atoms with Crippen LogP contribution in [-0.4, -0.2) is 36.1 Å². The first-order valence-electron chi connectivity index (χ1n) is 12.7. The van der Waals surface area contributed by atoms with Crippen LogP contribution in [0.4, 0.5) is 0 Å². The normalized spacial score (nSPS) is 18.8. The highest BCUT2D eigenvalue weighted by atomic mass is 16.1. The lowest BCUT2D eigenvalue weighted by molar-refractivity contribution is 0.0826. The third kappa shape index (κ3) is 4.35. The molecule has 0 aliphatic heterocycles. The van der Waals surface area contributed by atoms with Gasteiger partial charge in [-0.3, -0.25) is 9.69 Å². The fourth-order valence-corrected chi connectivity index (χ4v) is 6.07. The average molecular weight is 449 g/mol. The molecule has 0 unspecified atom stereocenters. The van der Waals surface area contributed by atoms with Crippen molar-refractivity contribution in [3.63, 3.8) is 0 Å². The summed E-state index contributed by atoms with van der Waals surface area (Å²) in [6, 6.07) is 9.19. The minimum Gasteiger partial charge on any atom is -0.321 e. The summed E-state index contributed by atoms with van der Waals surface area (Å²) in [5, 5.41) is 14.2. The molecule has 2 heterocycles. The van der Waals surface area contributed by atoms with Gasteiger partial charge in [-0.25, -0.2) is 4.68 Å². The molecule has 5 rings (SSSR count). The van der Waals surface area contributed by atoms with Gasteiger partial charge in [-0.1, -0.05) is 57.7 Å². The second kappa shape index (κ2) is 9.37. The molecule has 3 aromatic rings. The van der Waals surface area contributed by atoms with E-state index in [1.165, 1.54) is 38.5 Å². The number of aromatic amines is 1. The Morgan fingerprint density at radius 2 is 1.85 bits per heavy atom. The second-order valence-corrected chi connectivity index (χ2v) is 10.4. The summed E-state index contributed by atoms with van der Waals surface area (Å²) in [6.07, 6.45) is 9.60. The van der Waals surface area contributed by atoms with Crippen LogP contribution in [0.2, 0.25) is 0 Å². The summed E-state index contributed by atoms with van der Waals surface area (Å²) in [5.41, 5.74) is 2.87. The van der Waals surface area contributed by atoms with E-state index in [4.69, 9.17) is 0 Å². The first-order valence-corrected chi connectivity index (χ1v) is 12.7. The number of rotatable bonds is 7. The van der Waals surface area contributed by atoms with E-state index in [0.717, 1.165) is 40.7 Å². The van der Waals surface area contributed by atoms with Gasteiger partial charge in [-0.15, -0.1) is 5.10 Å². The van der Waals surface area contributed by atoms with Crippen LogP contribution < -0.4 is 5.56 Å². The number of hydrogen-bond acceptors (Lipinski definition) is 5. The second-order valence-electron chi connectivity index (χ2n) is 10.4. The maximum Gasteiger partial charge on any atom is 0.252 e. The van der Waals surface area contributed by atoms with E-state index in [0.29, 0.717) is 24.5 Å². The van der Waals surface area contributed by atoms with Crippen LogP contribution in [0.3, 0.4) is 0 Å². The largest absolute Gasteiger partial charge is 0.321 e. The maximum atomic E-state index is 13.2. The smallest absolute Gasteiger partial charge is 0.252 e. The van der Waals surface area contributed by atoms with E-state index in [-0.39, 0.29) is 11.6 Å². The maximum absolute atomic E-state index is 13.2. The number of hydrogen-bond donors (Lipinski definition) is 1. The third-order valence-corrected chi connectivity index (χ3v) is 7.75. The number of benzene rings is 1. The van der Waals surface area contributed by atoms with Crippen molar-refractivity contribution >= 4 is 10.9 Å². The number of para-hydroxylation sites is 1. The summed E-state index contributed by atoms with van der Waals surface area (Å²) in [7, 11) is 0. The molecule has 0 spiro atoms. The van der Waals surface area contributed by atoms with Gasteiger partial charge < -0.3 is 4.98 Å². The quantitative estimate of drug-likeness (QED) is 0.545. The summed E-state index contributed by atoms with van der Waals surface area (Å²) < 4.78 is 2.10. The molecule has 0 saturated heterocycles. The van der Waals surface area contributed by atoms with E-state index in [2.05, 4.69) is 62.1 Å². The molecule has 2 aliphatic carbocycles. The van der Waals surface area contributed by atoms with Gasteiger partial charge >= 0.3 is 0 Å². The number of H-pyrrole nitrogens is 1. The van der Waals surface area contributed by atoms with Crippen LogP contribution in [0.1, 0.15) is 94.2 Å². The van der Waals surface area contributed by atoms with Gasteiger partial charge in [-0.2, -0.15) is 0 Å². The molecule has 0 amide bonds. The van der Waals surface area contributed by atoms with E-state index >= 15 is 0 Å². The topological polar surface area (TPSA) is 79.7 Å². The molecule has 2 saturated carbocycles. The highest BCUT2D eigenvalue weighted by Crippen LogP contribution is 2.38. The predicted octanol–water partition coefficient (Wildman–Crippen LogP) is 5.08. The molecule has 2 fully saturated rings. The molecule has 7 heteroatoms. The van der Waals surface area contributed by atoms with Crippen molar-refractivity contribution in [3.8, 4) is 0 Å². The Labute approximate surface area is 195 Å². The Hall–Kier alpha value is -2.54. The zero-order chi connectivity index (χ0) is 22.9. The Morgan fingerprint density at radius 1 is 1.12 bits per heavy atom. The van der Waals surface area contributed by atoms with E-state index < -0.39 is 0 Å². The van der Waals surface area contributed by atoms with E-state index in [1.807, 2.05) is 13.0 Å². The SMILES string of the molecule is Cc1cccc2cc(CN(C3CCCC3)[C@H](c3nnnn3C3CCCC3)C(C)C)c(=O)[nH]c12. The molecule has 1 atom stereocenters. The van der Waals surface area contributed by atoms with Gasteiger partial charge in [0.1, 0.15) is 0 Å². The van der Waals surface area contributed by atoms with Crippen molar-refractivity contribution in [1.29, 1.82) is 0 Å². The molecular formula is C26H36N6O. The van der Waals surface area contributed by atoms with Crippen LogP contribution in [-0.2, 0) is 6.54 Å². The highest BCUT2D eigenvalue weighted by Gasteiger charge is 2.36. The van der Waals surface area contributed by atoms with E-state index in [9.17, 15) is 4.79 Å². The molecule has 2 aromatic heterocycles. The number of tetrazole rings is 1. The molecule has 2 aliphatic rings. The molecule has 0 bridgehead atoms. The number of aromatic nitrogens is 5. The molecule has 33 heavy (non-hydrogen) atoms. The van der Waals surface area contributed by atoms with Crippen LogP contribution in [0.5, 0.6) is 0 Å². The van der Waals surface area contributed by atoms with Gasteiger partial charge in [0.25, 0.3) is 5.56 Å². The minimum absolute atomic E-state index is 0.0117. The van der Waals surface area contributed by atoms with Crippen LogP contribution in [0, 0.1) is 12.8 Å². The monoisotopic (exact) mass is 448 g/mol. The molecule has 7 nitrogen and oxygen atoms in total.